The molecule has 2 aliphatic rings. The van der Waals surface area contributed by atoms with Crippen molar-refractivity contribution < 1.29 is 16.8 Å². The topological polar surface area (TPSA) is 127 Å². The SMILES string of the molecule is NS(=O)(=O)c1ccc2c(c1)CN(CCCCCN1CCc3ccc(S(N)(=O)=O)cc3C1)CC2. The Balaban J connectivity index is 1.22. The predicted molar refractivity (Wildman–Crippen MR) is 127 cm³/mol. The normalized spacial score (nSPS) is 17.5. The minimum Gasteiger partial charge on any atom is -0.299 e. The maximum atomic E-state index is 11.6. The van der Waals surface area contributed by atoms with Crippen LogP contribution in [0.4, 0.5) is 0 Å². The van der Waals surface area contributed by atoms with Crippen LogP contribution < -0.4 is 10.3 Å². The summed E-state index contributed by atoms with van der Waals surface area (Å²) in [6.45, 7) is 5.45. The lowest BCUT2D eigenvalue weighted by Crippen LogP contribution is -2.32. The molecule has 0 atom stereocenters. The van der Waals surface area contributed by atoms with Crippen molar-refractivity contribution in [2.75, 3.05) is 26.2 Å². The summed E-state index contributed by atoms with van der Waals surface area (Å²) >= 11 is 0. The Morgan fingerprint density at radius 1 is 0.636 bits per heavy atom. The van der Waals surface area contributed by atoms with Crippen LogP contribution in [0.15, 0.2) is 46.2 Å². The molecule has 2 heterocycles. The number of primary sulfonamides is 2. The Morgan fingerprint density at radius 3 is 1.45 bits per heavy atom. The van der Waals surface area contributed by atoms with E-state index in [-0.39, 0.29) is 9.79 Å². The molecule has 180 valence electrons. The number of fused-ring (bicyclic) bond motifs is 2. The molecule has 8 nitrogen and oxygen atoms in total. The third-order valence-electron chi connectivity index (χ3n) is 6.64. The van der Waals surface area contributed by atoms with Crippen LogP contribution >= 0.6 is 0 Å². The van der Waals surface area contributed by atoms with Crippen LogP contribution in [0.5, 0.6) is 0 Å². The van der Waals surface area contributed by atoms with Gasteiger partial charge in [0.15, 0.2) is 0 Å². The van der Waals surface area contributed by atoms with E-state index in [9.17, 15) is 16.8 Å². The highest BCUT2D eigenvalue weighted by molar-refractivity contribution is 7.89. The Hall–Kier alpha value is -1.82. The first-order valence-corrected chi connectivity index (χ1v) is 14.4. The molecule has 0 fully saturated rings. The van der Waals surface area contributed by atoms with Gasteiger partial charge in [-0.3, -0.25) is 9.80 Å². The van der Waals surface area contributed by atoms with E-state index in [0.717, 1.165) is 82.5 Å². The van der Waals surface area contributed by atoms with E-state index in [1.54, 1.807) is 24.3 Å². The smallest absolute Gasteiger partial charge is 0.238 e. The highest BCUT2D eigenvalue weighted by Crippen LogP contribution is 2.24. The molecular formula is C23H32N4O4S2. The minimum absolute atomic E-state index is 0.183. The highest BCUT2D eigenvalue weighted by Gasteiger charge is 2.20. The van der Waals surface area contributed by atoms with Crippen LogP contribution in [0.1, 0.15) is 41.5 Å². The molecule has 0 amide bonds. The molecule has 0 unspecified atom stereocenters. The molecule has 0 saturated carbocycles. The van der Waals surface area contributed by atoms with Crippen molar-refractivity contribution in [1.82, 2.24) is 9.80 Å². The Kier molecular flexibility index (Phi) is 7.23. The summed E-state index contributed by atoms with van der Waals surface area (Å²) in [7, 11) is -7.35. The molecule has 0 spiro atoms. The first-order valence-electron chi connectivity index (χ1n) is 11.3. The summed E-state index contributed by atoms with van der Waals surface area (Å²) in [4.78, 5) is 5.12. The first kappa shape index (κ1) is 24.3. The van der Waals surface area contributed by atoms with Gasteiger partial charge in [0.25, 0.3) is 0 Å². The third-order valence-corrected chi connectivity index (χ3v) is 8.47. The second-order valence-corrected chi connectivity index (χ2v) is 12.2. The molecule has 4 rings (SSSR count). The Labute approximate surface area is 196 Å². The molecule has 0 saturated heterocycles. The lowest BCUT2D eigenvalue weighted by molar-refractivity contribution is 0.231. The van der Waals surface area contributed by atoms with Crippen LogP contribution in [-0.2, 0) is 46.0 Å². The fraction of sp³-hybridized carbons (Fsp3) is 0.478. The summed E-state index contributed by atoms with van der Waals surface area (Å²) in [5.41, 5.74) is 4.52. The van der Waals surface area contributed by atoms with Gasteiger partial charge in [-0.1, -0.05) is 18.6 Å². The van der Waals surface area contributed by atoms with Gasteiger partial charge < -0.3 is 0 Å². The zero-order valence-corrected chi connectivity index (χ0v) is 20.4. The molecule has 0 aliphatic carbocycles. The van der Waals surface area contributed by atoms with Crippen molar-refractivity contribution in [2.24, 2.45) is 10.3 Å². The number of sulfonamides is 2. The number of hydrogen-bond acceptors (Lipinski definition) is 6. The van der Waals surface area contributed by atoms with Gasteiger partial charge >= 0.3 is 0 Å². The summed E-state index contributed by atoms with van der Waals surface area (Å²) in [5.74, 6) is 0. The van der Waals surface area contributed by atoms with E-state index < -0.39 is 20.0 Å². The number of benzene rings is 2. The molecule has 0 radical (unpaired) electrons. The van der Waals surface area contributed by atoms with Crippen LogP contribution in [0.3, 0.4) is 0 Å². The fourth-order valence-corrected chi connectivity index (χ4v) is 5.90. The summed E-state index contributed by atoms with van der Waals surface area (Å²) in [6, 6.07) is 10.4. The van der Waals surface area contributed by atoms with Crippen molar-refractivity contribution in [2.45, 2.75) is 55.0 Å². The van der Waals surface area contributed by atoms with E-state index >= 15 is 0 Å². The van der Waals surface area contributed by atoms with Crippen molar-refractivity contribution in [1.29, 1.82) is 0 Å². The number of rotatable bonds is 8. The van der Waals surface area contributed by atoms with Gasteiger partial charge in [0.1, 0.15) is 0 Å². The number of nitrogens with two attached hydrogens (primary N) is 2. The van der Waals surface area contributed by atoms with E-state index in [4.69, 9.17) is 10.3 Å². The van der Waals surface area contributed by atoms with Gasteiger partial charge in [-0.15, -0.1) is 0 Å². The van der Waals surface area contributed by atoms with Crippen molar-refractivity contribution in [3.8, 4) is 0 Å². The molecule has 4 N–H and O–H groups in total. The zero-order valence-electron chi connectivity index (χ0n) is 18.7. The molecule has 33 heavy (non-hydrogen) atoms. The largest absolute Gasteiger partial charge is 0.299 e. The van der Waals surface area contributed by atoms with Gasteiger partial charge in [0, 0.05) is 26.2 Å². The second kappa shape index (κ2) is 9.81. The lowest BCUT2D eigenvalue weighted by atomic mass is 9.99. The first-order chi connectivity index (χ1) is 15.6. The predicted octanol–water partition coefficient (Wildman–Crippen LogP) is 1.57. The van der Waals surface area contributed by atoms with Crippen LogP contribution in [0.2, 0.25) is 0 Å². The average Bonchev–Trinajstić information content (AvgIpc) is 2.76. The Bertz CT molecular complexity index is 1130. The molecule has 2 aromatic rings. The molecule has 0 bridgehead atoms. The Morgan fingerprint density at radius 2 is 1.06 bits per heavy atom. The van der Waals surface area contributed by atoms with E-state index in [1.165, 1.54) is 11.1 Å². The molecule has 2 aliphatic heterocycles. The van der Waals surface area contributed by atoms with Gasteiger partial charge in [-0.25, -0.2) is 27.1 Å². The monoisotopic (exact) mass is 492 g/mol. The van der Waals surface area contributed by atoms with Gasteiger partial charge in [0.05, 0.1) is 9.79 Å². The minimum atomic E-state index is -3.68. The van der Waals surface area contributed by atoms with Crippen LogP contribution in [-0.4, -0.2) is 52.8 Å². The molecule has 2 aromatic carbocycles. The standard InChI is InChI=1S/C23H32N4O4S2/c24-32(28,29)22-6-4-18-8-12-26(16-20(18)14-22)10-2-1-3-11-27-13-9-19-5-7-23(33(25,30)31)15-21(19)17-27/h4-7,14-15H,1-3,8-13,16-17H2,(H2,24,28,29)(H2,25,30,31). The van der Waals surface area contributed by atoms with Gasteiger partial charge in [-0.2, -0.15) is 0 Å². The highest BCUT2D eigenvalue weighted by atomic mass is 32.2. The van der Waals surface area contributed by atoms with Gasteiger partial charge in [0.2, 0.25) is 20.0 Å². The van der Waals surface area contributed by atoms with Crippen molar-refractivity contribution in [3.63, 3.8) is 0 Å². The van der Waals surface area contributed by atoms with Gasteiger partial charge in [-0.05, 0) is 85.3 Å². The zero-order chi connectivity index (χ0) is 23.6. The van der Waals surface area contributed by atoms with E-state index in [2.05, 4.69) is 9.80 Å². The number of nitrogens with zero attached hydrogens (tertiary/aromatic N) is 2. The molecular weight excluding hydrogens is 460 g/mol. The maximum absolute atomic E-state index is 11.6. The van der Waals surface area contributed by atoms with Crippen molar-refractivity contribution in [3.05, 3.63) is 58.7 Å². The third kappa shape index (κ3) is 6.20. The van der Waals surface area contributed by atoms with E-state index in [1.807, 2.05) is 12.1 Å². The quantitative estimate of drug-likeness (QED) is 0.539. The van der Waals surface area contributed by atoms with Crippen molar-refractivity contribution >= 4 is 20.0 Å². The number of unbranched alkanes of at least 4 members (excludes halogenated alkanes) is 2. The van der Waals surface area contributed by atoms with E-state index in [0.29, 0.717) is 0 Å². The van der Waals surface area contributed by atoms with Crippen LogP contribution in [0, 0.1) is 0 Å². The summed E-state index contributed by atoms with van der Waals surface area (Å²) < 4.78 is 46.5. The summed E-state index contributed by atoms with van der Waals surface area (Å²) in [5, 5.41) is 10.5. The molecule has 10 heteroatoms. The van der Waals surface area contributed by atoms with Crippen LogP contribution in [0.25, 0.3) is 0 Å². The average molecular weight is 493 g/mol. The molecule has 0 aromatic heterocycles. The number of hydrogen-bond donors (Lipinski definition) is 2. The fourth-order valence-electron chi connectivity index (χ4n) is 4.77. The maximum Gasteiger partial charge on any atom is 0.238 e. The summed E-state index contributed by atoms with van der Waals surface area (Å²) in [6.07, 6.45) is 5.14. The second-order valence-electron chi connectivity index (χ2n) is 9.06. The lowest BCUT2D eigenvalue weighted by Gasteiger charge is -2.30.